The molecule has 1 aromatic carbocycles. The van der Waals surface area contributed by atoms with Crippen LogP contribution in [0.25, 0.3) is 0 Å². The van der Waals surface area contributed by atoms with Crippen LogP contribution in [0, 0.1) is 10.1 Å². The van der Waals surface area contributed by atoms with E-state index in [0.717, 1.165) is 6.42 Å². The first-order chi connectivity index (χ1) is 11.3. The van der Waals surface area contributed by atoms with Gasteiger partial charge in [-0.2, -0.15) is 0 Å². The summed E-state index contributed by atoms with van der Waals surface area (Å²) >= 11 is 0. The molecule has 2 aliphatic rings. The van der Waals surface area contributed by atoms with Crippen molar-refractivity contribution in [1.82, 2.24) is 4.90 Å². The topological polar surface area (TPSA) is 108 Å². The van der Waals surface area contributed by atoms with Gasteiger partial charge >= 0.3 is 0 Å². The van der Waals surface area contributed by atoms with Gasteiger partial charge < -0.3 is 20.1 Å². The fraction of sp³-hybridized carbons (Fsp3) is 0.562. The number of rotatable bonds is 2. The maximum atomic E-state index is 12.8. The molecular weight excluding hydrogens is 314 g/mol. The van der Waals surface area contributed by atoms with E-state index in [1.54, 1.807) is 4.90 Å². The summed E-state index contributed by atoms with van der Waals surface area (Å²) in [5.74, 6) is -0.258. The normalized spacial score (nSPS) is 29.8. The Morgan fingerprint density at radius 1 is 1.46 bits per heavy atom. The number of nitrogens with two attached hydrogens (primary N) is 1. The van der Waals surface area contributed by atoms with Crippen LogP contribution >= 0.6 is 0 Å². The Bertz CT molecular complexity index is 680. The van der Waals surface area contributed by atoms with Gasteiger partial charge in [0.15, 0.2) is 0 Å². The Morgan fingerprint density at radius 3 is 2.83 bits per heavy atom. The number of morpholine rings is 1. The minimum atomic E-state index is -0.581. The van der Waals surface area contributed by atoms with E-state index in [2.05, 4.69) is 0 Å². The van der Waals surface area contributed by atoms with Gasteiger partial charge in [0.25, 0.3) is 11.6 Å². The number of benzene rings is 1. The van der Waals surface area contributed by atoms with Crippen molar-refractivity contribution in [3.8, 4) is 0 Å². The third-order valence-corrected chi connectivity index (χ3v) is 4.77. The third kappa shape index (κ3) is 2.83. The summed E-state index contributed by atoms with van der Waals surface area (Å²) in [6, 6.07) is 4.15. The van der Waals surface area contributed by atoms with Crippen molar-refractivity contribution in [3.05, 3.63) is 33.9 Å². The zero-order valence-corrected chi connectivity index (χ0v) is 13.7. The van der Waals surface area contributed by atoms with Crippen molar-refractivity contribution in [2.24, 2.45) is 0 Å². The smallest absolute Gasteiger partial charge is 0.292 e. The lowest BCUT2D eigenvalue weighted by Gasteiger charge is -2.45. The predicted octanol–water partition coefficient (Wildman–Crippen LogP) is 1.59. The highest BCUT2D eigenvalue weighted by Crippen LogP contribution is 2.35. The Hall–Kier alpha value is -2.19. The van der Waals surface area contributed by atoms with Crippen molar-refractivity contribution < 1.29 is 19.2 Å². The lowest BCUT2D eigenvalue weighted by atomic mass is 9.92. The molecule has 24 heavy (non-hydrogen) atoms. The summed E-state index contributed by atoms with van der Waals surface area (Å²) in [5, 5.41) is 11.0. The predicted molar refractivity (Wildman–Crippen MR) is 86.7 cm³/mol. The molecule has 0 unspecified atom stereocenters. The van der Waals surface area contributed by atoms with Crippen LogP contribution < -0.4 is 5.73 Å². The maximum absolute atomic E-state index is 12.8. The summed E-state index contributed by atoms with van der Waals surface area (Å²) < 4.78 is 11.7. The van der Waals surface area contributed by atoms with Gasteiger partial charge in [0.2, 0.25) is 0 Å². The molecule has 0 radical (unpaired) electrons. The number of hydrogen-bond acceptors (Lipinski definition) is 6. The fourth-order valence-electron chi connectivity index (χ4n) is 3.47. The second-order valence-electron chi connectivity index (χ2n) is 6.47. The van der Waals surface area contributed by atoms with Crippen LogP contribution in [0.4, 0.5) is 11.4 Å². The molecule has 3 atom stereocenters. The van der Waals surface area contributed by atoms with Gasteiger partial charge in [0.1, 0.15) is 11.3 Å². The number of nitrogen functional groups attached to an aromatic ring is 1. The summed E-state index contributed by atoms with van der Waals surface area (Å²) in [6.45, 7) is 5.31. The summed E-state index contributed by atoms with van der Waals surface area (Å²) in [7, 11) is 0. The van der Waals surface area contributed by atoms with Crippen LogP contribution in [0.1, 0.15) is 30.6 Å². The van der Waals surface area contributed by atoms with Crippen LogP contribution in [0.5, 0.6) is 0 Å². The Morgan fingerprint density at radius 2 is 2.21 bits per heavy atom. The Labute approximate surface area is 139 Å². The van der Waals surface area contributed by atoms with Crippen molar-refractivity contribution in [1.29, 1.82) is 0 Å². The molecule has 1 aromatic rings. The van der Waals surface area contributed by atoms with E-state index < -0.39 is 10.5 Å². The average molecular weight is 335 g/mol. The maximum Gasteiger partial charge on any atom is 0.292 e. The van der Waals surface area contributed by atoms with Gasteiger partial charge in [0, 0.05) is 31.2 Å². The van der Waals surface area contributed by atoms with Crippen molar-refractivity contribution in [3.63, 3.8) is 0 Å². The first-order valence-corrected chi connectivity index (χ1v) is 7.95. The summed E-state index contributed by atoms with van der Waals surface area (Å²) in [6.07, 6.45) is 0.497. The molecule has 1 amide bonds. The Balaban J connectivity index is 1.87. The SMILES string of the molecule is C[C@@H]1CN(C(=O)c2ccc(N)c([N+](=O)[O-])c2)C[C@]2(CCO[C@H]2C)O1. The molecule has 0 bridgehead atoms. The van der Waals surface area contributed by atoms with Crippen LogP contribution in [-0.4, -0.2) is 53.2 Å². The zero-order valence-electron chi connectivity index (χ0n) is 13.7. The molecule has 2 aliphatic heterocycles. The molecule has 0 aromatic heterocycles. The van der Waals surface area contributed by atoms with E-state index in [0.29, 0.717) is 19.7 Å². The van der Waals surface area contributed by atoms with Gasteiger partial charge in [-0.05, 0) is 26.0 Å². The fourth-order valence-corrected chi connectivity index (χ4v) is 3.47. The first-order valence-electron chi connectivity index (χ1n) is 7.95. The standard InChI is InChI=1S/C16H21N3O5/c1-10-8-18(9-16(24-10)5-6-23-11(16)2)15(20)12-3-4-13(17)14(7-12)19(21)22/h3-4,7,10-11H,5-6,8-9,17H2,1-2H3/t10-,11+,16+/m1/s1. The van der Waals surface area contributed by atoms with Crippen LogP contribution in [0.2, 0.25) is 0 Å². The van der Waals surface area contributed by atoms with Gasteiger partial charge in [0.05, 0.1) is 23.7 Å². The molecule has 0 aliphatic carbocycles. The highest BCUT2D eigenvalue weighted by Gasteiger charge is 2.48. The second-order valence-corrected chi connectivity index (χ2v) is 6.47. The van der Waals surface area contributed by atoms with E-state index in [-0.39, 0.29) is 35.1 Å². The largest absolute Gasteiger partial charge is 0.393 e. The number of carbonyl (C=O) groups is 1. The second kappa shape index (κ2) is 6.03. The highest BCUT2D eigenvalue weighted by molar-refractivity contribution is 5.95. The molecule has 8 heteroatoms. The molecule has 2 N–H and O–H groups in total. The van der Waals surface area contributed by atoms with Gasteiger partial charge in [-0.25, -0.2) is 0 Å². The third-order valence-electron chi connectivity index (χ3n) is 4.77. The zero-order chi connectivity index (χ0) is 17.5. The van der Waals surface area contributed by atoms with Gasteiger partial charge in [-0.1, -0.05) is 0 Å². The number of ether oxygens (including phenoxy) is 2. The number of nitrogens with zero attached hydrogens (tertiary/aromatic N) is 2. The van der Waals surface area contributed by atoms with E-state index >= 15 is 0 Å². The van der Waals surface area contributed by atoms with Gasteiger partial charge in [-0.3, -0.25) is 14.9 Å². The molecule has 1 spiro atoms. The van der Waals surface area contributed by atoms with E-state index in [1.165, 1.54) is 18.2 Å². The monoisotopic (exact) mass is 335 g/mol. The molecule has 2 saturated heterocycles. The van der Waals surface area contributed by atoms with E-state index in [9.17, 15) is 14.9 Å². The number of carbonyl (C=O) groups excluding carboxylic acids is 1. The van der Waals surface area contributed by atoms with E-state index in [1.807, 2.05) is 13.8 Å². The van der Waals surface area contributed by atoms with Crippen LogP contribution in [0.15, 0.2) is 18.2 Å². The van der Waals surface area contributed by atoms with Crippen molar-refractivity contribution >= 4 is 17.3 Å². The number of anilines is 1. The number of hydrogen-bond donors (Lipinski definition) is 1. The van der Waals surface area contributed by atoms with E-state index in [4.69, 9.17) is 15.2 Å². The number of nitro benzene ring substituents is 1. The summed E-state index contributed by atoms with van der Waals surface area (Å²) in [5.41, 5.74) is 5.14. The van der Waals surface area contributed by atoms with Gasteiger partial charge in [-0.15, -0.1) is 0 Å². The number of nitro groups is 1. The molecule has 8 nitrogen and oxygen atoms in total. The first kappa shape index (κ1) is 16.7. The quantitative estimate of drug-likeness (QED) is 0.499. The lowest BCUT2D eigenvalue weighted by Crippen LogP contribution is -2.59. The minimum Gasteiger partial charge on any atom is -0.393 e. The van der Waals surface area contributed by atoms with Crippen molar-refractivity contribution in [2.75, 3.05) is 25.4 Å². The highest BCUT2D eigenvalue weighted by atomic mass is 16.6. The van der Waals surface area contributed by atoms with Crippen molar-refractivity contribution in [2.45, 2.75) is 38.1 Å². The molecule has 130 valence electrons. The minimum absolute atomic E-state index is 0.0428. The van der Waals surface area contributed by atoms with Crippen LogP contribution in [0.3, 0.4) is 0 Å². The Kier molecular flexibility index (Phi) is 4.18. The molecule has 0 saturated carbocycles. The number of amides is 1. The summed E-state index contributed by atoms with van der Waals surface area (Å²) in [4.78, 5) is 25.0. The average Bonchev–Trinajstić information content (AvgIpc) is 2.86. The lowest BCUT2D eigenvalue weighted by molar-refractivity contribution is -0.383. The molecule has 3 rings (SSSR count). The molecular formula is C16H21N3O5. The molecule has 2 fully saturated rings. The molecule has 2 heterocycles. The van der Waals surface area contributed by atoms with Crippen LogP contribution in [-0.2, 0) is 9.47 Å².